The van der Waals surface area contributed by atoms with Crippen LogP contribution in [0.15, 0.2) is 53.7 Å². The maximum atomic E-state index is 12.9. The molecule has 0 radical (unpaired) electrons. The van der Waals surface area contributed by atoms with Crippen LogP contribution in [0.4, 0.5) is 5.69 Å². The van der Waals surface area contributed by atoms with Crippen molar-refractivity contribution in [3.63, 3.8) is 0 Å². The second kappa shape index (κ2) is 8.36. The predicted octanol–water partition coefficient (Wildman–Crippen LogP) is 3.68. The van der Waals surface area contributed by atoms with Crippen LogP contribution in [0.1, 0.15) is 5.82 Å². The van der Waals surface area contributed by atoms with E-state index < -0.39 is 0 Å². The number of hydrogen-bond donors (Lipinski definition) is 0. The van der Waals surface area contributed by atoms with Gasteiger partial charge in [0.05, 0.1) is 11.3 Å². The van der Waals surface area contributed by atoms with Crippen molar-refractivity contribution in [1.82, 2.24) is 24.5 Å². The van der Waals surface area contributed by atoms with E-state index in [2.05, 4.69) is 21.0 Å². The number of benzene rings is 2. The summed E-state index contributed by atoms with van der Waals surface area (Å²) in [5, 5.41) is 6.85. The number of hydrogen-bond acceptors (Lipinski definition) is 6. The second-order valence-electron chi connectivity index (χ2n) is 7.44. The number of amides is 1. The van der Waals surface area contributed by atoms with Gasteiger partial charge in [0.1, 0.15) is 5.82 Å². The van der Waals surface area contributed by atoms with Gasteiger partial charge < -0.3 is 9.80 Å². The zero-order chi connectivity index (χ0) is 21.4. The minimum atomic E-state index is 0.107. The van der Waals surface area contributed by atoms with Gasteiger partial charge in [-0.2, -0.15) is 4.52 Å². The highest BCUT2D eigenvalue weighted by Gasteiger charge is 2.22. The Kier molecular flexibility index (Phi) is 5.41. The lowest BCUT2D eigenvalue weighted by atomic mass is 10.2. The lowest BCUT2D eigenvalue weighted by Gasteiger charge is -2.36. The van der Waals surface area contributed by atoms with Crippen LogP contribution < -0.4 is 4.90 Å². The number of rotatable bonds is 4. The molecule has 0 atom stereocenters. The van der Waals surface area contributed by atoms with Gasteiger partial charge in [0, 0.05) is 42.3 Å². The Bertz CT molecular complexity index is 1270. The summed E-state index contributed by atoms with van der Waals surface area (Å²) >= 11 is 7.52. The fourth-order valence-corrected chi connectivity index (χ4v) is 4.86. The van der Waals surface area contributed by atoms with Crippen molar-refractivity contribution in [2.24, 2.45) is 0 Å². The molecule has 2 aromatic carbocycles. The SMILES string of the molecule is Cc1nc2c3ccccc3nc(SCC(=O)N3CCN(c4cccc(Cl)c4)CC3)n2n1. The fraction of sp³-hybridized carbons (Fsp3) is 0.273. The molecule has 0 spiro atoms. The summed E-state index contributed by atoms with van der Waals surface area (Å²) in [5.41, 5.74) is 2.72. The molecule has 0 unspecified atom stereocenters. The highest BCUT2D eigenvalue weighted by molar-refractivity contribution is 7.99. The molecule has 1 saturated heterocycles. The van der Waals surface area contributed by atoms with Gasteiger partial charge >= 0.3 is 0 Å². The van der Waals surface area contributed by atoms with Gasteiger partial charge in [0.15, 0.2) is 10.8 Å². The number of nitrogens with zero attached hydrogens (tertiary/aromatic N) is 6. The predicted molar refractivity (Wildman–Crippen MR) is 124 cm³/mol. The van der Waals surface area contributed by atoms with Crippen LogP contribution in [-0.4, -0.2) is 62.3 Å². The highest BCUT2D eigenvalue weighted by Crippen LogP contribution is 2.25. The number of carbonyl (C=O) groups excluding carboxylic acids is 1. The number of thioether (sulfide) groups is 1. The molecule has 1 aliphatic rings. The summed E-state index contributed by atoms with van der Waals surface area (Å²) in [5.74, 6) is 1.11. The fourth-order valence-electron chi connectivity index (χ4n) is 3.83. The molecule has 3 heterocycles. The molecule has 4 aromatic rings. The average Bonchev–Trinajstić information content (AvgIpc) is 3.19. The van der Waals surface area contributed by atoms with Crippen LogP contribution in [0.2, 0.25) is 5.02 Å². The molecule has 2 aromatic heterocycles. The topological polar surface area (TPSA) is 66.6 Å². The first-order chi connectivity index (χ1) is 15.1. The van der Waals surface area contributed by atoms with E-state index in [1.54, 1.807) is 4.52 Å². The third-order valence-electron chi connectivity index (χ3n) is 5.39. The van der Waals surface area contributed by atoms with Gasteiger partial charge in [0.2, 0.25) is 5.91 Å². The number of aromatic nitrogens is 4. The standard InChI is InChI=1S/C22H21ClN6OS/c1-15-24-21-18-7-2-3-8-19(18)25-22(29(21)26-15)31-14-20(30)28-11-9-27(10-12-28)17-6-4-5-16(23)13-17/h2-8,13H,9-12,14H2,1H3. The number of halogens is 1. The second-order valence-corrected chi connectivity index (χ2v) is 8.82. The molecule has 0 N–H and O–H groups in total. The van der Waals surface area contributed by atoms with Crippen molar-refractivity contribution in [3.05, 3.63) is 59.4 Å². The van der Waals surface area contributed by atoms with Gasteiger partial charge in [-0.25, -0.2) is 9.97 Å². The summed E-state index contributed by atoms with van der Waals surface area (Å²) in [6, 6.07) is 15.7. The Morgan fingerprint density at radius 2 is 1.87 bits per heavy atom. The molecule has 9 heteroatoms. The largest absolute Gasteiger partial charge is 0.368 e. The van der Waals surface area contributed by atoms with Crippen molar-refractivity contribution < 1.29 is 4.79 Å². The van der Waals surface area contributed by atoms with Crippen molar-refractivity contribution in [2.75, 3.05) is 36.8 Å². The Morgan fingerprint density at radius 1 is 1.06 bits per heavy atom. The molecule has 5 rings (SSSR count). The van der Waals surface area contributed by atoms with Crippen LogP contribution in [0.3, 0.4) is 0 Å². The van der Waals surface area contributed by atoms with Crippen molar-refractivity contribution in [2.45, 2.75) is 12.1 Å². The monoisotopic (exact) mass is 452 g/mol. The smallest absolute Gasteiger partial charge is 0.233 e. The van der Waals surface area contributed by atoms with Crippen LogP contribution in [-0.2, 0) is 4.79 Å². The minimum absolute atomic E-state index is 0.107. The van der Waals surface area contributed by atoms with Gasteiger partial charge in [-0.15, -0.1) is 5.10 Å². The lowest BCUT2D eigenvalue weighted by molar-refractivity contribution is -0.128. The number of fused-ring (bicyclic) bond motifs is 3. The Morgan fingerprint density at radius 3 is 2.68 bits per heavy atom. The maximum Gasteiger partial charge on any atom is 0.233 e. The molecule has 7 nitrogen and oxygen atoms in total. The van der Waals surface area contributed by atoms with E-state index in [0.717, 1.165) is 40.3 Å². The number of piperazine rings is 1. The molecule has 0 bridgehead atoms. The van der Waals surface area contributed by atoms with Crippen molar-refractivity contribution >= 4 is 51.5 Å². The minimum Gasteiger partial charge on any atom is -0.368 e. The normalized spacial score (nSPS) is 14.5. The van der Waals surface area contributed by atoms with E-state index >= 15 is 0 Å². The number of anilines is 1. The van der Waals surface area contributed by atoms with Crippen molar-refractivity contribution in [3.8, 4) is 0 Å². The number of para-hydroxylation sites is 1. The molecular formula is C22H21ClN6OS. The first-order valence-corrected chi connectivity index (χ1v) is 11.5. The van der Waals surface area contributed by atoms with Crippen LogP contribution >= 0.6 is 23.4 Å². The van der Waals surface area contributed by atoms with E-state index in [9.17, 15) is 4.79 Å². The van der Waals surface area contributed by atoms with Crippen LogP contribution in [0, 0.1) is 6.92 Å². The van der Waals surface area contributed by atoms with Gasteiger partial charge in [-0.05, 0) is 37.3 Å². The quantitative estimate of drug-likeness (QED) is 0.347. The Labute approximate surface area is 189 Å². The van der Waals surface area contributed by atoms with Crippen molar-refractivity contribution in [1.29, 1.82) is 0 Å². The Balaban J connectivity index is 1.27. The van der Waals surface area contributed by atoms with E-state index in [0.29, 0.717) is 29.8 Å². The van der Waals surface area contributed by atoms with Gasteiger partial charge in [-0.3, -0.25) is 4.79 Å². The third kappa shape index (κ3) is 4.05. The van der Waals surface area contributed by atoms with Gasteiger partial charge in [-0.1, -0.05) is 41.6 Å². The average molecular weight is 453 g/mol. The van der Waals surface area contributed by atoms with E-state index in [-0.39, 0.29) is 5.91 Å². The first-order valence-electron chi connectivity index (χ1n) is 10.1. The first kappa shape index (κ1) is 20.1. The van der Waals surface area contributed by atoms with E-state index in [1.165, 1.54) is 11.8 Å². The summed E-state index contributed by atoms with van der Waals surface area (Å²) in [4.78, 5) is 26.3. The molecule has 31 heavy (non-hydrogen) atoms. The molecule has 158 valence electrons. The highest BCUT2D eigenvalue weighted by atomic mass is 35.5. The molecule has 1 amide bonds. The summed E-state index contributed by atoms with van der Waals surface area (Å²) < 4.78 is 1.74. The summed E-state index contributed by atoms with van der Waals surface area (Å²) in [7, 11) is 0. The maximum absolute atomic E-state index is 12.9. The van der Waals surface area contributed by atoms with E-state index in [4.69, 9.17) is 16.6 Å². The zero-order valence-electron chi connectivity index (χ0n) is 17.0. The molecular weight excluding hydrogens is 432 g/mol. The molecule has 0 saturated carbocycles. The number of carbonyl (C=O) groups is 1. The van der Waals surface area contributed by atoms with Gasteiger partial charge in [0.25, 0.3) is 0 Å². The number of aryl methyl sites for hydroxylation is 1. The lowest BCUT2D eigenvalue weighted by Crippen LogP contribution is -2.49. The summed E-state index contributed by atoms with van der Waals surface area (Å²) in [6.45, 7) is 4.82. The Hall–Kier alpha value is -2.84. The zero-order valence-corrected chi connectivity index (χ0v) is 18.6. The van der Waals surface area contributed by atoms with Crippen LogP contribution in [0.5, 0.6) is 0 Å². The van der Waals surface area contributed by atoms with E-state index in [1.807, 2.05) is 54.3 Å². The molecule has 0 aliphatic carbocycles. The third-order valence-corrected chi connectivity index (χ3v) is 6.53. The summed E-state index contributed by atoms with van der Waals surface area (Å²) in [6.07, 6.45) is 0. The molecule has 1 fully saturated rings. The molecule has 1 aliphatic heterocycles. The van der Waals surface area contributed by atoms with Crippen LogP contribution in [0.25, 0.3) is 16.6 Å².